The number of carbonyl (C=O) groups is 1. The van der Waals surface area contributed by atoms with Gasteiger partial charge in [-0.1, -0.05) is 19.1 Å². The molecule has 4 heteroatoms. The van der Waals surface area contributed by atoms with Gasteiger partial charge >= 0.3 is 5.97 Å². The van der Waals surface area contributed by atoms with E-state index >= 15 is 0 Å². The molecule has 0 bridgehead atoms. The maximum absolute atomic E-state index is 10.8. The first-order valence-corrected chi connectivity index (χ1v) is 8.27. The van der Waals surface area contributed by atoms with Gasteiger partial charge in [0.25, 0.3) is 0 Å². The van der Waals surface area contributed by atoms with Gasteiger partial charge in [0, 0.05) is 12.5 Å². The Bertz CT molecular complexity index is 723. The third-order valence-electron chi connectivity index (χ3n) is 4.00. The zero-order valence-electron chi connectivity index (χ0n) is 14.5. The summed E-state index contributed by atoms with van der Waals surface area (Å²) in [4.78, 5) is 10.8. The number of hydrogen-bond acceptors (Lipinski definition) is 3. The zero-order chi connectivity index (χ0) is 17.7. The molecule has 2 aromatic rings. The fraction of sp³-hybridized carbons (Fsp3) is 0.350. The Morgan fingerprint density at radius 3 is 2.54 bits per heavy atom. The smallest absolute Gasteiger partial charge is 0.303 e. The lowest BCUT2D eigenvalue weighted by Crippen LogP contribution is -2.05. The molecule has 0 heterocycles. The number of aliphatic carboxylic acids is 1. The highest BCUT2D eigenvalue weighted by Gasteiger charge is 2.08. The van der Waals surface area contributed by atoms with Crippen LogP contribution >= 0.6 is 0 Å². The quantitative estimate of drug-likeness (QED) is 0.791. The highest BCUT2D eigenvalue weighted by Crippen LogP contribution is 2.28. The standard InChI is InChI=1S/C20H25NO3/c1-4-15-11-18(7-5-16(15)6-8-20(22)23)24-19-10-13(2)9-17(12-19)14(3)21/h5,7,9-12,14H,4,6,8,21H2,1-3H3,(H,22,23). The lowest BCUT2D eigenvalue weighted by molar-refractivity contribution is -0.136. The first-order chi connectivity index (χ1) is 11.4. The number of aryl methyl sites for hydroxylation is 3. The van der Waals surface area contributed by atoms with Crippen LogP contribution in [0.3, 0.4) is 0 Å². The van der Waals surface area contributed by atoms with E-state index in [1.54, 1.807) is 0 Å². The minimum absolute atomic E-state index is 0.0446. The Kier molecular flexibility index (Phi) is 5.99. The first kappa shape index (κ1) is 18.0. The molecule has 2 rings (SSSR count). The number of hydrogen-bond donors (Lipinski definition) is 2. The predicted octanol–water partition coefficient (Wildman–Crippen LogP) is 4.39. The van der Waals surface area contributed by atoms with E-state index in [4.69, 9.17) is 15.6 Å². The third-order valence-corrected chi connectivity index (χ3v) is 4.00. The van der Waals surface area contributed by atoms with Crippen LogP contribution in [-0.4, -0.2) is 11.1 Å². The Hall–Kier alpha value is -2.33. The van der Waals surface area contributed by atoms with Gasteiger partial charge in [-0.05, 0) is 73.2 Å². The van der Waals surface area contributed by atoms with E-state index in [1.807, 2.05) is 44.2 Å². The largest absolute Gasteiger partial charge is 0.481 e. The number of carboxylic acid groups (broad SMARTS) is 1. The molecule has 2 aromatic carbocycles. The molecule has 24 heavy (non-hydrogen) atoms. The van der Waals surface area contributed by atoms with Crippen molar-refractivity contribution < 1.29 is 14.6 Å². The molecule has 4 nitrogen and oxygen atoms in total. The minimum atomic E-state index is -0.777. The van der Waals surface area contributed by atoms with Crippen LogP contribution in [-0.2, 0) is 17.6 Å². The lowest BCUT2D eigenvalue weighted by atomic mass is 10.0. The van der Waals surface area contributed by atoms with Crippen molar-refractivity contribution in [2.45, 2.75) is 46.1 Å². The predicted molar refractivity (Wildman–Crippen MR) is 95.6 cm³/mol. The third kappa shape index (κ3) is 4.83. The number of carboxylic acids is 1. The number of ether oxygens (including phenoxy) is 1. The van der Waals surface area contributed by atoms with Crippen molar-refractivity contribution in [3.63, 3.8) is 0 Å². The molecule has 0 saturated heterocycles. The van der Waals surface area contributed by atoms with E-state index in [-0.39, 0.29) is 12.5 Å². The van der Waals surface area contributed by atoms with E-state index in [9.17, 15) is 4.79 Å². The van der Waals surface area contributed by atoms with Crippen molar-refractivity contribution in [3.8, 4) is 11.5 Å². The topological polar surface area (TPSA) is 72.5 Å². The molecule has 0 aliphatic rings. The Morgan fingerprint density at radius 2 is 1.92 bits per heavy atom. The van der Waals surface area contributed by atoms with Gasteiger partial charge in [0.1, 0.15) is 11.5 Å². The van der Waals surface area contributed by atoms with Crippen molar-refractivity contribution in [3.05, 3.63) is 58.7 Å². The van der Waals surface area contributed by atoms with E-state index in [1.165, 1.54) is 0 Å². The summed E-state index contributed by atoms with van der Waals surface area (Å²) in [7, 11) is 0. The summed E-state index contributed by atoms with van der Waals surface area (Å²) in [6, 6.07) is 11.8. The van der Waals surface area contributed by atoms with Crippen molar-refractivity contribution in [2.24, 2.45) is 5.73 Å². The van der Waals surface area contributed by atoms with Crippen LogP contribution in [0, 0.1) is 6.92 Å². The second kappa shape index (κ2) is 7.97. The van der Waals surface area contributed by atoms with Crippen molar-refractivity contribution in [1.29, 1.82) is 0 Å². The molecule has 0 saturated carbocycles. The summed E-state index contributed by atoms with van der Waals surface area (Å²) >= 11 is 0. The van der Waals surface area contributed by atoms with Crippen LogP contribution in [0.2, 0.25) is 0 Å². The number of benzene rings is 2. The molecule has 0 fully saturated rings. The van der Waals surface area contributed by atoms with E-state index in [0.717, 1.165) is 40.2 Å². The highest BCUT2D eigenvalue weighted by atomic mass is 16.5. The Morgan fingerprint density at radius 1 is 1.17 bits per heavy atom. The Labute approximate surface area is 143 Å². The number of rotatable bonds is 7. The molecule has 0 aromatic heterocycles. The van der Waals surface area contributed by atoms with Crippen LogP contribution in [0.15, 0.2) is 36.4 Å². The number of nitrogens with two attached hydrogens (primary N) is 1. The molecule has 0 aliphatic heterocycles. The minimum Gasteiger partial charge on any atom is -0.481 e. The van der Waals surface area contributed by atoms with Gasteiger partial charge < -0.3 is 15.6 Å². The molecular weight excluding hydrogens is 302 g/mol. The lowest BCUT2D eigenvalue weighted by Gasteiger charge is -2.14. The average molecular weight is 327 g/mol. The van der Waals surface area contributed by atoms with Gasteiger partial charge in [-0.25, -0.2) is 0 Å². The average Bonchev–Trinajstić information content (AvgIpc) is 2.52. The summed E-state index contributed by atoms with van der Waals surface area (Å²) in [5.41, 5.74) is 10.3. The summed E-state index contributed by atoms with van der Waals surface area (Å²) in [5.74, 6) is 0.746. The van der Waals surface area contributed by atoms with Gasteiger partial charge in [-0.3, -0.25) is 4.79 Å². The van der Waals surface area contributed by atoms with Gasteiger partial charge in [0.05, 0.1) is 0 Å². The monoisotopic (exact) mass is 327 g/mol. The molecule has 0 amide bonds. The molecule has 128 valence electrons. The van der Waals surface area contributed by atoms with Gasteiger partial charge in [0.15, 0.2) is 0 Å². The van der Waals surface area contributed by atoms with Gasteiger partial charge in [0.2, 0.25) is 0 Å². The van der Waals surface area contributed by atoms with Crippen LogP contribution in [0.1, 0.15) is 48.6 Å². The maximum Gasteiger partial charge on any atom is 0.303 e. The molecule has 1 atom stereocenters. The van der Waals surface area contributed by atoms with Gasteiger partial charge in [-0.2, -0.15) is 0 Å². The summed E-state index contributed by atoms with van der Waals surface area (Å²) in [5, 5.41) is 8.85. The zero-order valence-corrected chi connectivity index (χ0v) is 14.5. The fourth-order valence-electron chi connectivity index (χ4n) is 2.71. The maximum atomic E-state index is 10.8. The summed E-state index contributed by atoms with van der Waals surface area (Å²) in [6.45, 7) is 6.03. The molecule has 0 aliphatic carbocycles. The van der Waals surface area contributed by atoms with Crippen LogP contribution < -0.4 is 10.5 Å². The fourth-order valence-corrected chi connectivity index (χ4v) is 2.71. The molecule has 1 unspecified atom stereocenters. The van der Waals surface area contributed by atoms with Crippen LogP contribution in [0.4, 0.5) is 0 Å². The molecule has 0 radical (unpaired) electrons. The van der Waals surface area contributed by atoms with E-state index in [0.29, 0.717) is 6.42 Å². The second-order valence-corrected chi connectivity index (χ2v) is 6.15. The van der Waals surface area contributed by atoms with Crippen molar-refractivity contribution >= 4 is 5.97 Å². The Balaban J connectivity index is 2.22. The van der Waals surface area contributed by atoms with Crippen LogP contribution in [0.5, 0.6) is 11.5 Å². The summed E-state index contributed by atoms with van der Waals surface area (Å²) in [6.07, 6.45) is 1.52. The molecule has 3 N–H and O–H groups in total. The first-order valence-electron chi connectivity index (χ1n) is 8.27. The second-order valence-electron chi connectivity index (χ2n) is 6.15. The summed E-state index contributed by atoms with van der Waals surface area (Å²) < 4.78 is 6.00. The molecular formula is C20H25NO3. The van der Waals surface area contributed by atoms with Crippen molar-refractivity contribution in [1.82, 2.24) is 0 Å². The van der Waals surface area contributed by atoms with E-state index < -0.39 is 5.97 Å². The van der Waals surface area contributed by atoms with Crippen LogP contribution in [0.25, 0.3) is 0 Å². The van der Waals surface area contributed by atoms with E-state index in [2.05, 4.69) is 13.0 Å². The SMILES string of the molecule is CCc1cc(Oc2cc(C)cc(C(C)N)c2)ccc1CCC(=O)O. The molecule has 0 spiro atoms. The highest BCUT2D eigenvalue weighted by molar-refractivity contribution is 5.67. The van der Waals surface area contributed by atoms with Gasteiger partial charge in [-0.15, -0.1) is 0 Å². The normalized spacial score (nSPS) is 12.0. The van der Waals surface area contributed by atoms with Crippen molar-refractivity contribution in [2.75, 3.05) is 0 Å².